The van der Waals surface area contributed by atoms with E-state index in [1.807, 2.05) is 18.7 Å². The maximum atomic E-state index is 12.6. The topological polar surface area (TPSA) is 70.1 Å². The maximum Gasteiger partial charge on any atom is 0.320 e. The van der Waals surface area contributed by atoms with E-state index < -0.39 is 11.4 Å². The lowest BCUT2D eigenvalue weighted by Gasteiger charge is -2.46. The van der Waals surface area contributed by atoms with Gasteiger partial charge < -0.3 is 19.6 Å². The highest BCUT2D eigenvalue weighted by Gasteiger charge is 2.41. The summed E-state index contributed by atoms with van der Waals surface area (Å²) >= 11 is 0. The molecule has 0 aromatic heterocycles. The summed E-state index contributed by atoms with van der Waals surface area (Å²) in [6.45, 7) is 8.47. The summed E-state index contributed by atoms with van der Waals surface area (Å²) in [5.41, 5.74) is -1.000. The second-order valence-electron chi connectivity index (χ2n) is 6.65. The first-order valence-corrected chi connectivity index (χ1v) is 7.14. The molecule has 2 saturated heterocycles. The van der Waals surface area contributed by atoms with Crippen LogP contribution in [0.3, 0.4) is 0 Å². The van der Waals surface area contributed by atoms with Gasteiger partial charge in [-0.05, 0) is 33.6 Å². The van der Waals surface area contributed by atoms with Crippen molar-refractivity contribution >= 4 is 12.0 Å². The number of ether oxygens (including phenoxy) is 1. The Morgan fingerprint density at radius 2 is 1.70 bits per heavy atom. The molecule has 0 saturated carbocycles. The summed E-state index contributed by atoms with van der Waals surface area (Å²) in [5, 5.41) is 9.22. The molecule has 0 aromatic rings. The second-order valence-corrected chi connectivity index (χ2v) is 6.65. The first kappa shape index (κ1) is 15.1. The Kier molecular flexibility index (Phi) is 3.95. The molecule has 0 aliphatic carbocycles. The number of hydrogen-bond acceptors (Lipinski definition) is 3. The molecule has 1 N–H and O–H groups in total. The molecule has 2 aliphatic rings. The Morgan fingerprint density at radius 3 is 2.20 bits per heavy atom. The quantitative estimate of drug-likeness (QED) is 0.790. The molecule has 20 heavy (non-hydrogen) atoms. The van der Waals surface area contributed by atoms with Crippen molar-refractivity contribution in [3.8, 4) is 0 Å². The summed E-state index contributed by atoms with van der Waals surface area (Å²) in [7, 11) is 0. The molecule has 2 fully saturated rings. The molecule has 2 rings (SSSR count). The van der Waals surface area contributed by atoms with Crippen LogP contribution in [-0.2, 0) is 9.53 Å². The number of hydrogen-bond donors (Lipinski definition) is 1. The molecule has 2 amide bonds. The molecule has 0 radical (unpaired) electrons. The van der Waals surface area contributed by atoms with E-state index in [0.29, 0.717) is 45.7 Å². The van der Waals surface area contributed by atoms with Crippen LogP contribution < -0.4 is 0 Å². The van der Waals surface area contributed by atoms with Crippen molar-refractivity contribution in [3.05, 3.63) is 0 Å². The Bertz CT molecular complexity index is 400. The van der Waals surface area contributed by atoms with Gasteiger partial charge >= 0.3 is 12.0 Å². The molecule has 0 atom stereocenters. The number of carbonyl (C=O) groups excluding carboxylic acids is 1. The van der Waals surface area contributed by atoms with Crippen LogP contribution in [0.1, 0.15) is 33.6 Å². The number of likely N-dealkylation sites (tertiary alicyclic amines) is 1. The van der Waals surface area contributed by atoms with Crippen LogP contribution in [-0.4, -0.2) is 65.3 Å². The smallest absolute Gasteiger partial charge is 0.320 e. The number of urea groups is 1. The fraction of sp³-hybridized carbons (Fsp3) is 0.857. The van der Waals surface area contributed by atoms with Crippen LogP contribution in [0.4, 0.5) is 4.79 Å². The molecular weight excluding hydrogens is 260 g/mol. The average molecular weight is 284 g/mol. The van der Waals surface area contributed by atoms with Crippen LogP contribution in [0.2, 0.25) is 0 Å². The fourth-order valence-corrected chi connectivity index (χ4v) is 2.79. The minimum Gasteiger partial charge on any atom is -0.481 e. The number of rotatable bonds is 1. The van der Waals surface area contributed by atoms with Crippen LogP contribution in [0.5, 0.6) is 0 Å². The highest BCUT2D eigenvalue weighted by Crippen LogP contribution is 2.32. The van der Waals surface area contributed by atoms with Gasteiger partial charge in [-0.15, -0.1) is 0 Å². The van der Waals surface area contributed by atoms with E-state index in [0.717, 1.165) is 0 Å². The molecule has 0 bridgehead atoms. The Hall–Kier alpha value is -1.30. The summed E-state index contributed by atoms with van der Waals surface area (Å²) in [6, 6.07) is 0.00531. The van der Waals surface area contributed by atoms with Crippen LogP contribution in [0.15, 0.2) is 0 Å². The van der Waals surface area contributed by atoms with E-state index in [9.17, 15) is 14.7 Å². The van der Waals surface area contributed by atoms with Crippen molar-refractivity contribution in [3.63, 3.8) is 0 Å². The van der Waals surface area contributed by atoms with Crippen LogP contribution in [0.25, 0.3) is 0 Å². The molecular formula is C14H24N2O4. The van der Waals surface area contributed by atoms with Crippen molar-refractivity contribution in [2.45, 2.75) is 39.2 Å². The fourth-order valence-electron chi connectivity index (χ4n) is 2.79. The molecule has 2 aliphatic heterocycles. The summed E-state index contributed by atoms with van der Waals surface area (Å²) in [5.74, 6) is -0.767. The zero-order chi connectivity index (χ0) is 15.0. The summed E-state index contributed by atoms with van der Waals surface area (Å²) < 4.78 is 5.43. The van der Waals surface area contributed by atoms with E-state index in [2.05, 4.69) is 0 Å². The third-order valence-electron chi connectivity index (χ3n) is 4.53. The van der Waals surface area contributed by atoms with Crippen molar-refractivity contribution in [1.29, 1.82) is 0 Å². The van der Waals surface area contributed by atoms with E-state index in [-0.39, 0.29) is 11.6 Å². The van der Waals surface area contributed by atoms with E-state index in [1.165, 1.54) is 0 Å². The predicted octanol–water partition coefficient (Wildman–Crippen LogP) is 1.40. The van der Waals surface area contributed by atoms with Gasteiger partial charge in [-0.2, -0.15) is 0 Å². The number of piperidine rings is 1. The lowest BCUT2D eigenvalue weighted by molar-refractivity contribution is -0.150. The van der Waals surface area contributed by atoms with Crippen molar-refractivity contribution in [2.24, 2.45) is 5.41 Å². The molecule has 2 heterocycles. The maximum absolute atomic E-state index is 12.6. The minimum atomic E-state index is -0.767. The predicted molar refractivity (Wildman–Crippen MR) is 73.5 cm³/mol. The first-order chi connectivity index (χ1) is 9.26. The molecule has 0 aromatic carbocycles. The SMILES string of the molecule is CC1(C(=O)O)CCN(C(=O)N2CCOCC2(C)C)CC1. The Balaban J connectivity index is 2.00. The normalized spacial score (nSPS) is 25.4. The lowest BCUT2D eigenvalue weighted by Crippen LogP contribution is -2.60. The summed E-state index contributed by atoms with van der Waals surface area (Å²) in [4.78, 5) is 27.4. The zero-order valence-corrected chi connectivity index (χ0v) is 12.5. The van der Waals surface area contributed by atoms with Gasteiger partial charge in [0.2, 0.25) is 0 Å². The third kappa shape index (κ3) is 2.75. The van der Waals surface area contributed by atoms with Gasteiger partial charge in [0.25, 0.3) is 0 Å². The number of carboxylic acids is 1. The highest BCUT2D eigenvalue weighted by molar-refractivity contribution is 5.77. The molecule has 6 heteroatoms. The molecule has 0 spiro atoms. The second kappa shape index (κ2) is 5.24. The van der Waals surface area contributed by atoms with Gasteiger partial charge in [-0.1, -0.05) is 0 Å². The van der Waals surface area contributed by atoms with Gasteiger partial charge in [-0.3, -0.25) is 4.79 Å². The Morgan fingerprint density at radius 1 is 1.10 bits per heavy atom. The number of amides is 2. The van der Waals surface area contributed by atoms with Crippen molar-refractivity contribution < 1.29 is 19.4 Å². The van der Waals surface area contributed by atoms with Gasteiger partial charge in [0.1, 0.15) is 0 Å². The average Bonchev–Trinajstić information content (AvgIpc) is 2.38. The lowest BCUT2D eigenvalue weighted by atomic mass is 9.80. The van der Waals surface area contributed by atoms with Crippen LogP contribution in [0, 0.1) is 5.41 Å². The molecule has 114 valence electrons. The molecule has 0 unspecified atom stereocenters. The van der Waals surface area contributed by atoms with Crippen molar-refractivity contribution in [1.82, 2.24) is 9.80 Å². The third-order valence-corrected chi connectivity index (χ3v) is 4.53. The monoisotopic (exact) mass is 284 g/mol. The minimum absolute atomic E-state index is 0.00531. The van der Waals surface area contributed by atoms with Gasteiger partial charge in [0.15, 0.2) is 0 Å². The first-order valence-electron chi connectivity index (χ1n) is 7.14. The van der Waals surface area contributed by atoms with Gasteiger partial charge in [-0.25, -0.2) is 4.79 Å². The standard InChI is InChI=1S/C14H24N2O4/c1-13(2)10-20-9-8-16(13)12(19)15-6-4-14(3,5-7-15)11(17)18/h4-10H2,1-3H3,(H,17,18). The van der Waals surface area contributed by atoms with Gasteiger partial charge in [0, 0.05) is 19.6 Å². The van der Waals surface area contributed by atoms with E-state index in [4.69, 9.17) is 4.74 Å². The largest absolute Gasteiger partial charge is 0.481 e. The number of nitrogens with zero attached hydrogens (tertiary/aromatic N) is 2. The number of carbonyl (C=O) groups is 2. The number of aliphatic carboxylic acids is 1. The van der Waals surface area contributed by atoms with Crippen molar-refractivity contribution in [2.75, 3.05) is 32.8 Å². The zero-order valence-electron chi connectivity index (χ0n) is 12.5. The highest BCUT2D eigenvalue weighted by atomic mass is 16.5. The number of carboxylic acid groups (broad SMARTS) is 1. The van der Waals surface area contributed by atoms with Gasteiger partial charge in [0.05, 0.1) is 24.2 Å². The van der Waals surface area contributed by atoms with Crippen LogP contribution >= 0.6 is 0 Å². The Labute approximate surface area is 119 Å². The van der Waals surface area contributed by atoms with E-state index in [1.54, 1.807) is 11.8 Å². The summed E-state index contributed by atoms with van der Waals surface area (Å²) in [6.07, 6.45) is 1.03. The van der Waals surface area contributed by atoms with E-state index >= 15 is 0 Å². The molecule has 6 nitrogen and oxygen atoms in total. The number of morpholine rings is 1.